The summed E-state index contributed by atoms with van der Waals surface area (Å²) in [5, 5.41) is 0. The highest BCUT2D eigenvalue weighted by Gasteiger charge is 2.08. The molecule has 0 aliphatic carbocycles. The number of hydrogen-bond acceptors (Lipinski definition) is 1. The highest BCUT2D eigenvalue weighted by atomic mass is 15.1. The van der Waals surface area contributed by atoms with E-state index in [2.05, 4.69) is 54.9 Å². The number of imidazole rings is 1. The molecule has 1 heterocycles. The van der Waals surface area contributed by atoms with E-state index in [-0.39, 0.29) is 0 Å². The molecule has 0 fully saturated rings. The molecular weight excluding hydrogens is 292 g/mol. The summed E-state index contributed by atoms with van der Waals surface area (Å²) >= 11 is 0. The number of nitrogens with zero attached hydrogens (tertiary/aromatic N) is 2. The van der Waals surface area contributed by atoms with Crippen molar-refractivity contribution in [1.82, 2.24) is 9.55 Å². The van der Waals surface area contributed by atoms with E-state index >= 15 is 0 Å². The minimum absolute atomic E-state index is 1.09. The summed E-state index contributed by atoms with van der Waals surface area (Å²) in [7, 11) is 0. The molecule has 0 amide bonds. The molecule has 1 aromatic carbocycles. The Morgan fingerprint density at radius 1 is 0.792 bits per heavy atom. The van der Waals surface area contributed by atoms with Gasteiger partial charge in [-0.05, 0) is 37.7 Å². The summed E-state index contributed by atoms with van der Waals surface area (Å²) < 4.78 is 2.42. The lowest BCUT2D eigenvalue weighted by Crippen LogP contribution is -2.03. The van der Waals surface area contributed by atoms with Crippen molar-refractivity contribution in [3.63, 3.8) is 0 Å². The summed E-state index contributed by atoms with van der Waals surface area (Å²) in [5.74, 6) is 1.31. The van der Waals surface area contributed by atoms with Crippen molar-refractivity contribution in [2.45, 2.75) is 84.6 Å². The third-order valence-corrected chi connectivity index (χ3v) is 4.66. The minimum atomic E-state index is 1.09. The van der Waals surface area contributed by atoms with Gasteiger partial charge in [0.1, 0.15) is 5.82 Å². The number of hydrogen-bond donors (Lipinski definition) is 0. The first kappa shape index (κ1) is 18.8. The fraction of sp³-hybridized carbons (Fsp3) is 0.591. The molecule has 0 radical (unpaired) electrons. The Balaban J connectivity index is 1.87. The van der Waals surface area contributed by atoms with Gasteiger partial charge in [-0.3, -0.25) is 0 Å². The molecule has 132 valence electrons. The smallest absolute Gasteiger partial charge is 0.108 e. The summed E-state index contributed by atoms with van der Waals surface area (Å²) in [6, 6.07) is 10.8. The number of aromatic nitrogens is 2. The molecule has 0 saturated heterocycles. The van der Waals surface area contributed by atoms with Gasteiger partial charge in [0.15, 0.2) is 0 Å². The fourth-order valence-corrected chi connectivity index (χ4v) is 3.18. The molecule has 2 nitrogen and oxygen atoms in total. The molecule has 0 atom stereocenters. The second-order valence-electron chi connectivity index (χ2n) is 6.85. The zero-order chi connectivity index (χ0) is 17.0. The Morgan fingerprint density at radius 2 is 1.58 bits per heavy atom. The van der Waals surface area contributed by atoms with Crippen LogP contribution in [-0.2, 0) is 25.8 Å². The predicted octanol–water partition coefficient (Wildman–Crippen LogP) is 5.98. The van der Waals surface area contributed by atoms with Crippen molar-refractivity contribution in [2.24, 2.45) is 0 Å². The van der Waals surface area contributed by atoms with Crippen LogP contribution in [0.3, 0.4) is 0 Å². The van der Waals surface area contributed by atoms with Gasteiger partial charge >= 0.3 is 0 Å². The quantitative estimate of drug-likeness (QED) is 0.439. The molecule has 0 unspecified atom stereocenters. The van der Waals surface area contributed by atoms with Crippen LogP contribution in [0.4, 0.5) is 0 Å². The number of benzene rings is 1. The van der Waals surface area contributed by atoms with Gasteiger partial charge < -0.3 is 4.57 Å². The average Bonchev–Trinajstić information content (AvgIpc) is 3.00. The number of aryl methyl sites for hydroxylation is 4. The van der Waals surface area contributed by atoms with Gasteiger partial charge in [0.2, 0.25) is 0 Å². The van der Waals surface area contributed by atoms with E-state index in [0.29, 0.717) is 0 Å². The van der Waals surface area contributed by atoms with Gasteiger partial charge in [-0.25, -0.2) is 4.98 Å². The lowest BCUT2D eigenvalue weighted by molar-refractivity contribution is 0.579. The average molecular weight is 327 g/mol. The van der Waals surface area contributed by atoms with E-state index in [0.717, 1.165) is 25.8 Å². The van der Waals surface area contributed by atoms with Gasteiger partial charge in [0.25, 0.3) is 0 Å². The molecule has 0 aliphatic heterocycles. The van der Waals surface area contributed by atoms with Crippen molar-refractivity contribution in [1.29, 1.82) is 0 Å². The summed E-state index contributed by atoms with van der Waals surface area (Å²) in [5.41, 5.74) is 2.72. The van der Waals surface area contributed by atoms with Crippen molar-refractivity contribution in [2.75, 3.05) is 0 Å². The molecular formula is C22H34N2. The van der Waals surface area contributed by atoms with Crippen LogP contribution in [0.1, 0.15) is 75.9 Å². The molecule has 0 saturated carbocycles. The van der Waals surface area contributed by atoms with Gasteiger partial charge in [-0.1, -0.05) is 69.9 Å². The third kappa shape index (κ3) is 6.51. The van der Waals surface area contributed by atoms with Gasteiger partial charge in [-0.2, -0.15) is 0 Å². The maximum absolute atomic E-state index is 4.95. The molecule has 0 aliphatic rings. The predicted molar refractivity (Wildman–Crippen MR) is 103 cm³/mol. The minimum Gasteiger partial charge on any atom is -0.335 e. The highest BCUT2D eigenvalue weighted by molar-refractivity contribution is 5.15. The van der Waals surface area contributed by atoms with Crippen LogP contribution in [0.5, 0.6) is 0 Å². The normalized spacial score (nSPS) is 11.1. The SMILES string of the molecule is CCCCCCc1nc(CCCc2ccccc2)cn1CCCC. The maximum Gasteiger partial charge on any atom is 0.108 e. The van der Waals surface area contributed by atoms with Crippen LogP contribution >= 0.6 is 0 Å². The first-order valence-corrected chi connectivity index (χ1v) is 9.92. The first-order valence-electron chi connectivity index (χ1n) is 9.92. The Hall–Kier alpha value is -1.57. The molecule has 0 N–H and O–H groups in total. The number of unbranched alkanes of at least 4 members (excludes halogenated alkanes) is 4. The van der Waals surface area contributed by atoms with E-state index in [1.807, 2.05) is 0 Å². The van der Waals surface area contributed by atoms with Crippen molar-refractivity contribution >= 4 is 0 Å². The second-order valence-corrected chi connectivity index (χ2v) is 6.85. The molecule has 24 heavy (non-hydrogen) atoms. The molecule has 0 spiro atoms. The van der Waals surface area contributed by atoms with Crippen LogP contribution in [-0.4, -0.2) is 9.55 Å². The monoisotopic (exact) mass is 326 g/mol. The molecule has 2 aromatic rings. The van der Waals surface area contributed by atoms with Crippen molar-refractivity contribution in [3.8, 4) is 0 Å². The van der Waals surface area contributed by atoms with Crippen LogP contribution in [0.15, 0.2) is 36.5 Å². The summed E-state index contributed by atoms with van der Waals surface area (Å²) in [6.45, 7) is 5.66. The van der Waals surface area contributed by atoms with Gasteiger partial charge in [0, 0.05) is 19.2 Å². The highest BCUT2D eigenvalue weighted by Crippen LogP contribution is 2.13. The Kier molecular flexibility index (Phi) is 8.65. The Morgan fingerprint density at radius 3 is 2.33 bits per heavy atom. The summed E-state index contributed by atoms with van der Waals surface area (Å²) in [6.07, 6.45) is 14.6. The maximum atomic E-state index is 4.95. The Bertz CT molecular complexity index is 557. The van der Waals surface area contributed by atoms with E-state index < -0.39 is 0 Å². The zero-order valence-electron chi connectivity index (χ0n) is 15.6. The standard InChI is InChI=1S/C22H34N2/c1-3-5-7-11-17-22-23-21(19-24(22)18-6-4-2)16-12-15-20-13-9-8-10-14-20/h8-10,13-14,19H,3-7,11-12,15-18H2,1-2H3. The topological polar surface area (TPSA) is 17.8 Å². The van der Waals surface area contributed by atoms with E-state index in [4.69, 9.17) is 4.98 Å². The molecule has 2 rings (SSSR count). The fourth-order valence-electron chi connectivity index (χ4n) is 3.18. The van der Waals surface area contributed by atoms with E-state index in [9.17, 15) is 0 Å². The van der Waals surface area contributed by atoms with Gasteiger partial charge in [0.05, 0.1) is 5.69 Å². The number of rotatable bonds is 12. The lowest BCUT2D eigenvalue weighted by Gasteiger charge is -2.06. The van der Waals surface area contributed by atoms with Crippen LogP contribution in [0.2, 0.25) is 0 Å². The molecule has 2 heteroatoms. The van der Waals surface area contributed by atoms with Crippen LogP contribution in [0, 0.1) is 0 Å². The zero-order valence-corrected chi connectivity index (χ0v) is 15.6. The largest absolute Gasteiger partial charge is 0.335 e. The lowest BCUT2D eigenvalue weighted by atomic mass is 10.1. The van der Waals surface area contributed by atoms with Crippen LogP contribution in [0.25, 0.3) is 0 Å². The third-order valence-electron chi connectivity index (χ3n) is 4.66. The molecule has 1 aromatic heterocycles. The second kappa shape index (κ2) is 11.1. The van der Waals surface area contributed by atoms with E-state index in [1.165, 1.54) is 62.0 Å². The first-order chi connectivity index (χ1) is 11.8. The van der Waals surface area contributed by atoms with Gasteiger partial charge in [-0.15, -0.1) is 0 Å². The summed E-state index contributed by atoms with van der Waals surface area (Å²) in [4.78, 5) is 4.95. The van der Waals surface area contributed by atoms with Crippen LogP contribution < -0.4 is 0 Å². The van der Waals surface area contributed by atoms with Crippen molar-refractivity contribution in [3.05, 3.63) is 53.6 Å². The molecule has 0 bridgehead atoms. The van der Waals surface area contributed by atoms with Crippen molar-refractivity contribution < 1.29 is 0 Å². The Labute approximate surface area is 148 Å². The van der Waals surface area contributed by atoms with E-state index in [1.54, 1.807) is 0 Å².